The minimum absolute atomic E-state index is 1.04. The first-order valence-corrected chi connectivity index (χ1v) is 5.06. The maximum atomic E-state index is 4.42. The number of allylic oxidation sites excluding steroid dienone is 4. The molecule has 0 saturated heterocycles. The van der Waals surface area contributed by atoms with E-state index in [0.717, 1.165) is 24.3 Å². The van der Waals surface area contributed by atoms with Crippen molar-refractivity contribution in [2.75, 3.05) is 0 Å². The van der Waals surface area contributed by atoms with Crippen molar-refractivity contribution in [3.63, 3.8) is 0 Å². The standard InChI is InChI=1S/C13H21N/c1-6-8-9-12(5)10-13(7-2)14-11(3)4/h6-7,10H,1,8-9H2,2-5H3/b12-10+,13-7-. The lowest BCUT2D eigenvalue weighted by molar-refractivity contribution is 0.976. The maximum absolute atomic E-state index is 4.42. The van der Waals surface area contributed by atoms with Gasteiger partial charge in [0.15, 0.2) is 0 Å². The molecule has 0 spiro atoms. The van der Waals surface area contributed by atoms with Gasteiger partial charge in [-0.25, -0.2) is 0 Å². The van der Waals surface area contributed by atoms with Crippen LogP contribution < -0.4 is 0 Å². The van der Waals surface area contributed by atoms with E-state index in [9.17, 15) is 0 Å². The summed E-state index contributed by atoms with van der Waals surface area (Å²) in [5, 5.41) is 0. The van der Waals surface area contributed by atoms with Crippen LogP contribution >= 0.6 is 0 Å². The molecule has 78 valence electrons. The molecule has 0 aliphatic rings. The van der Waals surface area contributed by atoms with Gasteiger partial charge < -0.3 is 0 Å². The van der Waals surface area contributed by atoms with Crippen molar-refractivity contribution in [2.45, 2.75) is 40.5 Å². The average molecular weight is 191 g/mol. The van der Waals surface area contributed by atoms with Gasteiger partial charge in [0.25, 0.3) is 0 Å². The fourth-order valence-corrected chi connectivity index (χ4v) is 1.09. The molecule has 0 saturated carbocycles. The van der Waals surface area contributed by atoms with Crippen molar-refractivity contribution in [3.8, 4) is 0 Å². The van der Waals surface area contributed by atoms with E-state index < -0.39 is 0 Å². The number of aliphatic imine (C=N–C) groups is 1. The quantitative estimate of drug-likeness (QED) is 0.349. The summed E-state index contributed by atoms with van der Waals surface area (Å²) in [4.78, 5) is 4.42. The fourth-order valence-electron chi connectivity index (χ4n) is 1.09. The zero-order chi connectivity index (χ0) is 11.0. The summed E-state index contributed by atoms with van der Waals surface area (Å²) in [5.74, 6) is 0. The second-order valence-electron chi connectivity index (χ2n) is 3.59. The normalized spacial score (nSPS) is 12.6. The number of hydrogen-bond donors (Lipinski definition) is 0. The molecule has 0 aromatic rings. The molecule has 0 N–H and O–H groups in total. The smallest absolute Gasteiger partial charge is 0.0585 e. The Bertz CT molecular complexity index is 263. The zero-order valence-corrected chi connectivity index (χ0v) is 9.80. The van der Waals surface area contributed by atoms with E-state index in [4.69, 9.17) is 0 Å². The SMILES string of the molecule is C=CCC/C(C)=C/C(=C/C)N=C(C)C. The fraction of sp³-hybridized carbons (Fsp3) is 0.462. The lowest BCUT2D eigenvalue weighted by Crippen LogP contribution is -1.84. The van der Waals surface area contributed by atoms with Gasteiger partial charge in [-0.15, -0.1) is 6.58 Å². The summed E-state index contributed by atoms with van der Waals surface area (Å²) < 4.78 is 0. The second-order valence-corrected chi connectivity index (χ2v) is 3.59. The number of rotatable bonds is 5. The van der Waals surface area contributed by atoms with E-state index >= 15 is 0 Å². The van der Waals surface area contributed by atoms with Gasteiger partial charge in [0.2, 0.25) is 0 Å². The molecular formula is C13H21N. The second kappa shape index (κ2) is 7.31. The largest absolute Gasteiger partial charge is 0.259 e. The van der Waals surface area contributed by atoms with Crippen molar-refractivity contribution in [2.24, 2.45) is 4.99 Å². The van der Waals surface area contributed by atoms with Crippen LogP contribution in [0.1, 0.15) is 40.5 Å². The van der Waals surface area contributed by atoms with Crippen LogP contribution in [0, 0.1) is 0 Å². The Morgan fingerprint density at radius 2 is 1.93 bits per heavy atom. The van der Waals surface area contributed by atoms with Crippen LogP contribution in [-0.2, 0) is 0 Å². The van der Waals surface area contributed by atoms with E-state index in [0.29, 0.717) is 0 Å². The van der Waals surface area contributed by atoms with Crippen LogP contribution in [0.25, 0.3) is 0 Å². The molecule has 0 radical (unpaired) electrons. The molecule has 0 aliphatic heterocycles. The van der Waals surface area contributed by atoms with Crippen molar-refractivity contribution < 1.29 is 0 Å². The molecular weight excluding hydrogens is 170 g/mol. The summed E-state index contributed by atoms with van der Waals surface area (Å²) in [5.41, 5.74) is 3.49. The van der Waals surface area contributed by atoms with Gasteiger partial charge in [-0.1, -0.05) is 17.7 Å². The summed E-state index contributed by atoms with van der Waals surface area (Å²) >= 11 is 0. The molecule has 0 amide bonds. The van der Waals surface area contributed by atoms with Crippen LogP contribution in [0.2, 0.25) is 0 Å². The van der Waals surface area contributed by atoms with Gasteiger partial charge in [-0.3, -0.25) is 4.99 Å². The summed E-state index contributed by atoms with van der Waals surface area (Å²) in [6, 6.07) is 0. The molecule has 0 aromatic carbocycles. The molecule has 14 heavy (non-hydrogen) atoms. The summed E-state index contributed by atoms with van der Waals surface area (Å²) in [7, 11) is 0. The molecule has 0 fully saturated rings. The predicted molar refractivity (Wildman–Crippen MR) is 65.7 cm³/mol. The topological polar surface area (TPSA) is 12.4 Å². The molecule has 0 bridgehead atoms. The van der Waals surface area contributed by atoms with Crippen LogP contribution in [0.4, 0.5) is 0 Å². The lowest BCUT2D eigenvalue weighted by atomic mass is 10.1. The number of nitrogens with zero attached hydrogens (tertiary/aromatic N) is 1. The van der Waals surface area contributed by atoms with Crippen LogP contribution in [0.15, 0.2) is 41.1 Å². The van der Waals surface area contributed by atoms with Gasteiger partial charge >= 0.3 is 0 Å². The van der Waals surface area contributed by atoms with E-state index in [1.165, 1.54) is 5.57 Å². The lowest BCUT2D eigenvalue weighted by Gasteiger charge is -1.99. The van der Waals surface area contributed by atoms with E-state index in [1.54, 1.807) is 0 Å². The highest BCUT2D eigenvalue weighted by atomic mass is 14.7. The van der Waals surface area contributed by atoms with Crippen molar-refractivity contribution in [1.29, 1.82) is 0 Å². The first-order valence-electron chi connectivity index (χ1n) is 5.06. The first kappa shape index (κ1) is 12.9. The highest BCUT2D eigenvalue weighted by Gasteiger charge is 1.91. The molecule has 0 atom stereocenters. The monoisotopic (exact) mass is 191 g/mol. The van der Waals surface area contributed by atoms with Gasteiger partial charge in [0.05, 0.1) is 5.70 Å². The van der Waals surface area contributed by atoms with Gasteiger partial charge in [-0.05, 0) is 46.6 Å². The average Bonchev–Trinajstić information content (AvgIpc) is 2.12. The Hall–Kier alpha value is -1.11. The third kappa shape index (κ3) is 6.41. The zero-order valence-electron chi connectivity index (χ0n) is 9.80. The summed E-state index contributed by atoms with van der Waals surface area (Å²) in [6.45, 7) is 11.9. The molecule has 0 unspecified atom stereocenters. The van der Waals surface area contributed by atoms with E-state index in [2.05, 4.69) is 24.6 Å². The predicted octanol–water partition coefficient (Wildman–Crippen LogP) is 4.28. The minimum atomic E-state index is 1.04. The van der Waals surface area contributed by atoms with E-state index in [-0.39, 0.29) is 0 Å². The Morgan fingerprint density at radius 3 is 2.36 bits per heavy atom. The maximum Gasteiger partial charge on any atom is 0.0585 e. The van der Waals surface area contributed by atoms with Crippen LogP contribution in [0.3, 0.4) is 0 Å². The molecule has 0 rings (SSSR count). The van der Waals surface area contributed by atoms with Crippen molar-refractivity contribution in [3.05, 3.63) is 36.1 Å². The van der Waals surface area contributed by atoms with E-state index in [1.807, 2.05) is 32.9 Å². The molecule has 0 aliphatic carbocycles. The van der Waals surface area contributed by atoms with Gasteiger partial charge in [0.1, 0.15) is 0 Å². The Balaban J connectivity index is 4.43. The number of hydrogen-bond acceptors (Lipinski definition) is 1. The Labute approximate surface area is 87.9 Å². The third-order valence-corrected chi connectivity index (χ3v) is 1.79. The highest BCUT2D eigenvalue weighted by Crippen LogP contribution is 2.10. The van der Waals surface area contributed by atoms with Gasteiger partial charge in [-0.2, -0.15) is 0 Å². The van der Waals surface area contributed by atoms with Crippen molar-refractivity contribution in [1.82, 2.24) is 0 Å². The van der Waals surface area contributed by atoms with Crippen molar-refractivity contribution >= 4 is 5.71 Å². The van der Waals surface area contributed by atoms with Crippen LogP contribution in [0.5, 0.6) is 0 Å². The molecule has 0 heterocycles. The third-order valence-electron chi connectivity index (χ3n) is 1.79. The first-order chi connectivity index (χ1) is 6.60. The summed E-state index contributed by atoms with van der Waals surface area (Å²) in [6.07, 6.45) is 8.22. The van der Waals surface area contributed by atoms with Gasteiger partial charge in [0, 0.05) is 5.71 Å². The highest BCUT2D eigenvalue weighted by molar-refractivity contribution is 5.80. The Kier molecular flexibility index (Phi) is 6.73. The Morgan fingerprint density at radius 1 is 1.29 bits per heavy atom. The molecule has 0 aromatic heterocycles. The minimum Gasteiger partial charge on any atom is -0.259 e. The van der Waals surface area contributed by atoms with Crippen LogP contribution in [-0.4, -0.2) is 5.71 Å². The molecule has 1 nitrogen and oxygen atoms in total. The molecule has 1 heteroatoms.